The van der Waals surface area contributed by atoms with Crippen LogP contribution in [0.15, 0.2) is 41.0 Å². The first-order chi connectivity index (χ1) is 8.70. The molecule has 1 aromatic heterocycles. The Bertz CT molecular complexity index is 523. The summed E-state index contributed by atoms with van der Waals surface area (Å²) in [5.41, 5.74) is 2.45. The van der Waals surface area contributed by atoms with Gasteiger partial charge in [0.2, 0.25) is 5.88 Å². The van der Waals surface area contributed by atoms with Gasteiger partial charge in [-0.1, -0.05) is 25.5 Å². The lowest BCUT2D eigenvalue weighted by atomic mass is 10.1. The average molecular weight is 306 g/mol. The molecular formula is C15H16BrNO. The largest absolute Gasteiger partial charge is 0.438 e. The monoisotopic (exact) mass is 305 g/mol. The molecule has 0 N–H and O–H groups in total. The summed E-state index contributed by atoms with van der Waals surface area (Å²) in [5.74, 6) is 1.42. The van der Waals surface area contributed by atoms with Gasteiger partial charge in [0.1, 0.15) is 5.75 Å². The Hall–Kier alpha value is -1.35. The molecule has 0 atom stereocenters. The lowest BCUT2D eigenvalue weighted by molar-refractivity contribution is 0.459. The zero-order chi connectivity index (χ0) is 13.0. The third-order valence-electron chi connectivity index (χ3n) is 2.73. The van der Waals surface area contributed by atoms with Crippen LogP contribution in [0, 0.1) is 6.92 Å². The Labute approximate surface area is 116 Å². The number of halogens is 1. The summed E-state index contributed by atoms with van der Waals surface area (Å²) >= 11 is 3.49. The molecule has 0 aliphatic heterocycles. The smallest absolute Gasteiger partial charge is 0.233 e. The second-order valence-electron chi connectivity index (χ2n) is 4.24. The van der Waals surface area contributed by atoms with E-state index in [-0.39, 0.29) is 0 Å². The molecule has 2 rings (SSSR count). The highest BCUT2D eigenvalue weighted by Gasteiger charge is 2.06. The third kappa shape index (κ3) is 3.10. The number of hydrogen-bond donors (Lipinski definition) is 0. The Balaban J connectivity index is 2.16. The molecule has 2 nitrogen and oxygen atoms in total. The molecule has 2 aromatic rings. The fraction of sp³-hybridized carbons (Fsp3) is 0.267. The summed E-state index contributed by atoms with van der Waals surface area (Å²) in [5, 5.41) is 0. The first kappa shape index (κ1) is 13.1. The maximum absolute atomic E-state index is 5.77. The molecule has 0 spiro atoms. The van der Waals surface area contributed by atoms with Crippen molar-refractivity contribution in [2.24, 2.45) is 0 Å². The number of rotatable bonds is 4. The number of ether oxygens (including phenoxy) is 1. The van der Waals surface area contributed by atoms with Crippen LogP contribution in [0.3, 0.4) is 0 Å². The van der Waals surface area contributed by atoms with E-state index in [9.17, 15) is 0 Å². The summed E-state index contributed by atoms with van der Waals surface area (Å²) in [6, 6.07) is 10.1. The van der Waals surface area contributed by atoms with E-state index in [0.29, 0.717) is 5.88 Å². The van der Waals surface area contributed by atoms with Crippen molar-refractivity contribution < 1.29 is 4.74 Å². The van der Waals surface area contributed by atoms with E-state index in [0.717, 1.165) is 28.6 Å². The minimum absolute atomic E-state index is 0.609. The summed E-state index contributed by atoms with van der Waals surface area (Å²) in [4.78, 5) is 4.22. The van der Waals surface area contributed by atoms with Gasteiger partial charge in [0, 0.05) is 6.20 Å². The predicted octanol–water partition coefficient (Wildman–Crippen LogP) is 4.90. The lowest BCUT2D eigenvalue weighted by Gasteiger charge is -2.08. The van der Waals surface area contributed by atoms with Crippen LogP contribution in [0.4, 0.5) is 0 Å². The molecule has 0 saturated carbocycles. The van der Waals surface area contributed by atoms with Gasteiger partial charge in [-0.25, -0.2) is 4.98 Å². The number of hydrogen-bond acceptors (Lipinski definition) is 2. The van der Waals surface area contributed by atoms with Crippen LogP contribution < -0.4 is 4.74 Å². The van der Waals surface area contributed by atoms with Crippen molar-refractivity contribution in [3.05, 3.63) is 52.1 Å². The van der Waals surface area contributed by atoms with Gasteiger partial charge in [-0.15, -0.1) is 0 Å². The zero-order valence-corrected chi connectivity index (χ0v) is 12.2. The van der Waals surface area contributed by atoms with Gasteiger partial charge < -0.3 is 4.74 Å². The minimum Gasteiger partial charge on any atom is -0.438 e. The van der Waals surface area contributed by atoms with Crippen LogP contribution in [0.2, 0.25) is 0 Å². The summed E-state index contributed by atoms with van der Waals surface area (Å²) < 4.78 is 6.67. The van der Waals surface area contributed by atoms with E-state index in [2.05, 4.69) is 40.0 Å². The fourth-order valence-corrected chi connectivity index (χ4v) is 2.03. The van der Waals surface area contributed by atoms with Gasteiger partial charge in [-0.2, -0.15) is 0 Å². The maximum Gasteiger partial charge on any atom is 0.233 e. The first-order valence-corrected chi connectivity index (χ1v) is 6.88. The molecule has 3 heteroatoms. The van der Waals surface area contributed by atoms with Gasteiger partial charge in [0.25, 0.3) is 0 Å². The summed E-state index contributed by atoms with van der Waals surface area (Å²) in [7, 11) is 0. The van der Waals surface area contributed by atoms with Crippen molar-refractivity contribution in [2.45, 2.75) is 26.7 Å². The van der Waals surface area contributed by atoms with Crippen LogP contribution in [-0.4, -0.2) is 4.98 Å². The molecule has 0 fully saturated rings. The van der Waals surface area contributed by atoms with Crippen LogP contribution in [0.1, 0.15) is 24.5 Å². The van der Waals surface area contributed by atoms with Gasteiger partial charge in [0.05, 0.1) is 4.47 Å². The Morgan fingerprint density at radius 1 is 1.17 bits per heavy atom. The van der Waals surface area contributed by atoms with Gasteiger partial charge in [-0.3, -0.25) is 0 Å². The van der Waals surface area contributed by atoms with E-state index >= 15 is 0 Å². The molecule has 0 aliphatic rings. The SMILES string of the molecule is CCCc1ccc(Oc2nccc(C)c2Br)cc1. The highest BCUT2D eigenvalue weighted by Crippen LogP contribution is 2.29. The number of benzene rings is 1. The standard InChI is InChI=1S/C15H16BrNO/c1-3-4-12-5-7-13(8-6-12)18-15-14(16)11(2)9-10-17-15/h5-10H,3-4H2,1-2H3. The molecular weight excluding hydrogens is 290 g/mol. The van der Waals surface area contributed by atoms with Crippen molar-refractivity contribution in [1.29, 1.82) is 0 Å². The highest BCUT2D eigenvalue weighted by molar-refractivity contribution is 9.10. The van der Waals surface area contributed by atoms with Crippen molar-refractivity contribution in [3.63, 3.8) is 0 Å². The van der Waals surface area contributed by atoms with E-state index in [4.69, 9.17) is 4.74 Å². The number of aryl methyl sites for hydroxylation is 2. The quantitative estimate of drug-likeness (QED) is 0.801. The van der Waals surface area contributed by atoms with Crippen molar-refractivity contribution in [1.82, 2.24) is 4.98 Å². The van der Waals surface area contributed by atoms with E-state index in [1.807, 2.05) is 25.1 Å². The average Bonchev–Trinajstić information content (AvgIpc) is 2.38. The molecule has 0 bridgehead atoms. The minimum atomic E-state index is 0.609. The summed E-state index contributed by atoms with van der Waals surface area (Å²) in [6.45, 7) is 4.20. The molecule has 1 aromatic carbocycles. The molecule has 94 valence electrons. The third-order valence-corrected chi connectivity index (χ3v) is 3.69. The summed E-state index contributed by atoms with van der Waals surface area (Å²) in [6.07, 6.45) is 4.01. The second-order valence-corrected chi connectivity index (χ2v) is 5.04. The topological polar surface area (TPSA) is 22.1 Å². The normalized spacial score (nSPS) is 10.4. The molecule has 1 heterocycles. The lowest BCUT2D eigenvalue weighted by Crippen LogP contribution is -1.91. The Morgan fingerprint density at radius 3 is 2.56 bits per heavy atom. The van der Waals surface area contributed by atoms with Crippen LogP contribution >= 0.6 is 15.9 Å². The molecule has 0 unspecified atom stereocenters. The van der Waals surface area contributed by atoms with Gasteiger partial charge in [-0.05, 0) is 58.6 Å². The first-order valence-electron chi connectivity index (χ1n) is 6.08. The highest BCUT2D eigenvalue weighted by atomic mass is 79.9. The van der Waals surface area contributed by atoms with E-state index in [1.54, 1.807) is 6.20 Å². The Morgan fingerprint density at radius 2 is 1.89 bits per heavy atom. The van der Waals surface area contributed by atoms with Crippen molar-refractivity contribution in [3.8, 4) is 11.6 Å². The number of aromatic nitrogens is 1. The number of pyridine rings is 1. The molecule has 0 saturated heterocycles. The van der Waals surface area contributed by atoms with E-state index < -0.39 is 0 Å². The molecule has 0 amide bonds. The second kappa shape index (κ2) is 6.01. The number of nitrogens with zero attached hydrogens (tertiary/aromatic N) is 1. The van der Waals surface area contributed by atoms with Gasteiger partial charge >= 0.3 is 0 Å². The maximum atomic E-state index is 5.77. The Kier molecular flexibility index (Phi) is 4.37. The van der Waals surface area contributed by atoms with Crippen molar-refractivity contribution >= 4 is 15.9 Å². The fourth-order valence-electron chi connectivity index (χ4n) is 1.71. The van der Waals surface area contributed by atoms with Crippen LogP contribution in [0.25, 0.3) is 0 Å². The van der Waals surface area contributed by atoms with Crippen LogP contribution in [-0.2, 0) is 6.42 Å². The van der Waals surface area contributed by atoms with E-state index in [1.165, 1.54) is 5.56 Å². The molecule has 18 heavy (non-hydrogen) atoms. The zero-order valence-electron chi connectivity index (χ0n) is 10.6. The van der Waals surface area contributed by atoms with Crippen molar-refractivity contribution in [2.75, 3.05) is 0 Å². The van der Waals surface area contributed by atoms with Crippen LogP contribution in [0.5, 0.6) is 11.6 Å². The predicted molar refractivity (Wildman–Crippen MR) is 77.2 cm³/mol. The van der Waals surface area contributed by atoms with Gasteiger partial charge in [0.15, 0.2) is 0 Å². The molecule has 0 radical (unpaired) electrons. The molecule has 0 aliphatic carbocycles.